The Hall–Kier alpha value is -2.15. The fraction of sp³-hybridized carbons (Fsp3) is 0.333. The van der Waals surface area contributed by atoms with Crippen molar-refractivity contribution in [1.29, 1.82) is 0 Å². The van der Waals surface area contributed by atoms with Crippen LogP contribution in [0.1, 0.15) is 22.0 Å². The second-order valence-electron chi connectivity index (χ2n) is 5.93. The van der Waals surface area contributed by atoms with Gasteiger partial charge >= 0.3 is 5.97 Å². The van der Waals surface area contributed by atoms with E-state index in [4.69, 9.17) is 16.3 Å². The van der Waals surface area contributed by atoms with Crippen molar-refractivity contribution in [3.8, 4) is 0 Å². The maximum atomic E-state index is 12.2. The second kappa shape index (κ2) is 7.82. The predicted molar refractivity (Wildman–Crippen MR) is 94.2 cm³/mol. The van der Waals surface area contributed by atoms with E-state index in [1.165, 1.54) is 22.9 Å². The van der Waals surface area contributed by atoms with Gasteiger partial charge in [-0.05, 0) is 23.8 Å². The van der Waals surface area contributed by atoms with Crippen LogP contribution in [0.4, 0.5) is 0 Å². The summed E-state index contributed by atoms with van der Waals surface area (Å²) >= 11 is 5.99. The number of rotatable bonds is 5. The van der Waals surface area contributed by atoms with Gasteiger partial charge in [0, 0.05) is 36.9 Å². The van der Waals surface area contributed by atoms with Crippen molar-refractivity contribution < 1.29 is 14.6 Å². The summed E-state index contributed by atoms with van der Waals surface area (Å²) < 4.78 is 6.88. The predicted octanol–water partition coefficient (Wildman–Crippen LogP) is 2.27. The van der Waals surface area contributed by atoms with Crippen molar-refractivity contribution in [2.45, 2.75) is 12.6 Å². The van der Waals surface area contributed by atoms with E-state index in [1.807, 2.05) is 24.3 Å². The Morgan fingerprint density at radius 3 is 2.48 bits per heavy atom. The molecular weight excluding hydrogens is 344 g/mol. The molecule has 0 unspecified atom stereocenters. The molecule has 1 atom stereocenters. The molecule has 0 bridgehead atoms. The number of carboxylic acids is 1. The highest BCUT2D eigenvalue weighted by atomic mass is 35.5. The highest BCUT2D eigenvalue weighted by Crippen LogP contribution is 2.25. The van der Waals surface area contributed by atoms with Crippen LogP contribution in [0.3, 0.4) is 0 Å². The number of morpholine rings is 1. The van der Waals surface area contributed by atoms with Crippen molar-refractivity contribution >= 4 is 17.6 Å². The molecule has 2 aromatic rings. The number of hydrogen-bond donors (Lipinski definition) is 1. The number of benzene rings is 1. The maximum Gasteiger partial charge on any atom is 0.337 e. The summed E-state index contributed by atoms with van der Waals surface area (Å²) in [5, 5.41) is 9.82. The van der Waals surface area contributed by atoms with Gasteiger partial charge in [0.1, 0.15) is 0 Å². The van der Waals surface area contributed by atoms with Gasteiger partial charge in [0.05, 0.1) is 24.8 Å². The topological polar surface area (TPSA) is 71.8 Å². The van der Waals surface area contributed by atoms with Crippen LogP contribution in [0.2, 0.25) is 5.02 Å². The van der Waals surface area contributed by atoms with Gasteiger partial charge in [0.2, 0.25) is 0 Å². The normalized spacial score (nSPS) is 16.5. The number of carboxylic acid groups (broad SMARTS) is 1. The molecule has 25 heavy (non-hydrogen) atoms. The van der Waals surface area contributed by atoms with E-state index in [9.17, 15) is 14.7 Å². The first-order chi connectivity index (χ1) is 12.0. The number of aromatic carboxylic acids is 1. The van der Waals surface area contributed by atoms with Gasteiger partial charge in [-0.3, -0.25) is 9.69 Å². The van der Waals surface area contributed by atoms with Gasteiger partial charge in [-0.2, -0.15) is 0 Å². The molecule has 0 saturated carbocycles. The minimum atomic E-state index is -1.05. The van der Waals surface area contributed by atoms with Crippen molar-refractivity contribution in [3.05, 3.63) is 69.1 Å². The first-order valence-corrected chi connectivity index (χ1v) is 8.43. The van der Waals surface area contributed by atoms with Crippen molar-refractivity contribution in [2.75, 3.05) is 26.3 Å². The molecule has 1 aliphatic rings. The van der Waals surface area contributed by atoms with Crippen molar-refractivity contribution in [2.24, 2.45) is 0 Å². The molecule has 6 nitrogen and oxygen atoms in total. The zero-order valence-electron chi connectivity index (χ0n) is 13.6. The molecule has 1 fully saturated rings. The monoisotopic (exact) mass is 362 g/mol. The van der Waals surface area contributed by atoms with Crippen molar-refractivity contribution in [3.63, 3.8) is 0 Å². The van der Waals surface area contributed by atoms with Crippen LogP contribution < -0.4 is 5.56 Å². The Labute approximate surface area is 150 Å². The number of nitrogens with zero attached hydrogens (tertiary/aromatic N) is 2. The highest BCUT2D eigenvalue weighted by Gasteiger charge is 2.23. The van der Waals surface area contributed by atoms with E-state index in [0.717, 1.165) is 18.7 Å². The van der Waals surface area contributed by atoms with E-state index in [1.54, 1.807) is 0 Å². The molecule has 1 saturated heterocycles. The summed E-state index contributed by atoms with van der Waals surface area (Å²) in [5.74, 6) is -1.05. The Balaban J connectivity index is 1.94. The Morgan fingerprint density at radius 1 is 1.16 bits per heavy atom. The number of aromatic nitrogens is 1. The summed E-state index contributed by atoms with van der Waals surface area (Å²) in [6.45, 7) is 3.13. The molecule has 1 N–H and O–H groups in total. The summed E-state index contributed by atoms with van der Waals surface area (Å²) in [6.07, 6.45) is 1.40. The third-order valence-electron chi connectivity index (χ3n) is 4.34. The zero-order valence-corrected chi connectivity index (χ0v) is 14.4. The van der Waals surface area contributed by atoms with E-state index < -0.39 is 5.97 Å². The molecule has 3 rings (SSSR count). The van der Waals surface area contributed by atoms with Gasteiger partial charge in [0.25, 0.3) is 5.56 Å². The SMILES string of the molecule is O=C(O)c1ccc(=O)n(C[C@@H](c2ccc(Cl)cc2)N2CCOCC2)c1. The number of hydrogen-bond acceptors (Lipinski definition) is 4. The van der Waals surface area contributed by atoms with Gasteiger partial charge in [0.15, 0.2) is 0 Å². The number of pyridine rings is 1. The third kappa shape index (κ3) is 4.28. The van der Waals surface area contributed by atoms with Crippen LogP contribution in [0.25, 0.3) is 0 Å². The Bertz CT molecular complexity index is 797. The molecule has 0 amide bonds. The van der Waals surface area contributed by atoms with Gasteiger partial charge < -0.3 is 14.4 Å². The first kappa shape index (κ1) is 17.7. The smallest absolute Gasteiger partial charge is 0.337 e. The van der Waals surface area contributed by atoms with Crippen LogP contribution in [-0.2, 0) is 11.3 Å². The van der Waals surface area contributed by atoms with Crippen molar-refractivity contribution in [1.82, 2.24) is 9.47 Å². The lowest BCUT2D eigenvalue weighted by atomic mass is 10.0. The lowest BCUT2D eigenvalue weighted by Gasteiger charge is -2.35. The Morgan fingerprint density at radius 2 is 1.84 bits per heavy atom. The van der Waals surface area contributed by atoms with Crippen LogP contribution in [0.5, 0.6) is 0 Å². The Kier molecular flexibility index (Phi) is 5.53. The van der Waals surface area contributed by atoms with Crippen LogP contribution in [-0.4, -0.2) is 46.8 Å². The number of ether oxygens (including phenoxy) is 1. The lowest BCUT2D eigenvalue weighted by Crippen LogP contribution is -2.41. The minimum absolute atomic E-state index is 0.0667. The highest BCUT2D eigenvalue weighted by molar-refractivity contribution is 6.30. The van der Waals surface area contributed by atoms with Crippen LogP contribution in [0, 0.1) is 0 Å². The summed E-state index contributed by atoms with van der Waals surface area (Å²) in [5.41, 5.74) is 0.896. The molecular formula is C18H19ClN2O4. The van der Waals surface area contributed by atoms with E-state index >= 15 is 0 Å². The minimum Gasteiger partial charge on any atom is -0.478 e. The molecule has 1 aromatic heterocycles. The molecule has 0 radical (unpaired) electrons. The average Bonchev–Trinajstić information content (AvgIpc) is 2.62. The molecule has 2 heterocycles. The number of halogens is 1. The summed E-state index contributed by atoms with van der Waals surface area (Å²) in [4.78, 5) is 25.6. The van der Waals surface area contributed by atoms with Gasteiger partial charge in [-0.15, -0.1) is 0 Å². The molecule has 1 aliphatic heterocycles. The fourth-order valence-electron chi connectivity index (χ4n) is 2.99. The van der Waals surface area contributed by atoms with E-state index in [-0.39, 0.29) is 17.2 Å². The van der Waals surface area contributed by atoms with E-state index in [2.05, 4.69) is 4.90 Å². The van der Waals surface area contributed by atoms with Crippen LogP contribution in [0.15, 0.2) is 47.4 Å². The standard InChI is InChI=1S/C18H19ClN2O4/c19-15-4-1-13(2-5-15)16(20-7-9-25-10-8-20)12-21-11-14(18(23)24)3-6-17(21)22/h1-6,11,16H,7-10,12H2,(H,23,24)/t16-/m0/s1. The average molecular weight is 363 g/mol. The second-order valence-corrected chi connectivity index (χ2v) is 6.37. The summed E-state index contributed by atoms with van der Waals surface area (Å²) in [6, 6.07) is 10.1. The summed E-state index contributed by atoms with van der Waals surface area (Å²) in [7, 11) is 0. The molecule has 132 valence electrons. The largest absolute Gasteiger partial charge is 0.478 e. The van der Waals surface area contributed by atoms with Gasteiger partial charge in [-0.25, -0.2) is 4.79 Å². The van der Waals surface area contributed by atoms with Gasteiger partial charge in [-0.1, -0.05) is 23.7 Å². The fourth-order valence-corrected chi connectivity index (χ4v) is 3.12. The molecule has 0 aliphatic carbocycles. The quantitative estimate of drug-likeness (QED) is 0.883. The maximum absolute atomic E-state index is 12.2. The van der Waals surface area contributed by atoms with E-state index in [0.29, 0.717) is 24.8 Å². The lowest BCUT2D eigenvalue weighted by molar-refractivity contribution is 0.0121. The molecule has 1 aromatic carbocycles. The molecule has 7 heteroatoms. The first-order valence-electron chi connectivity index (χ1n) is 8.05. The zero-order chi connectivity index (χ0) is 17.8. The van der Waals surface area contributed by atoms with Crippen LogP contribution >= 0.6 is 11.6 Å². The number of carbonyl (C=O) groups is 1. The molecule has 0 spiro atoms. The third-order valence-corrected chi connectivity index (χ3v) is 4.59.